The van der Waals surface area contributed by atoms with Crippen LogP contribution in [0.25, 0.3) is 0 Å². The fourth-order valence-corrected chi connectivity index (χ4v) is 2.79. The minimum Gasteiger partial charge on any atom is -0.378 e. The molecule has 18 heavy (non-hydrogen) atoms. The smallest absolute Gasteiger partial charge is 0.0992 e. The Balaban J connectivity index is 1.74. The molecule has 1 N–H and O–H groups in total. The number of benzene rings is 1. The fraction of sp³-hybridized carbons (Fsp3) is 0.500. The van der Waals surface area contributed by atoms with Crippen LogP contribution < -0.4 is 5.32 Å². The van der Waals surface area contributed by atoms with Crippen LogP contribution in [-0.4, -0.2) is 18.8 Å². The summed E-state index contributed by atoms with van der Waals surface area (Å²) in [7, 11) is 0. The highest BCUT2D eigenvalue weighted by molar-refractivity contribution is 6.33. The summed E-state index contributed by atoms with van der Waals surface area (Å²) in [6.07, 6.45) is 3.92. The van der Waals surface area contributed by atoms with Gasteiger partial charge in [-0.3, -0.25) is 0 Å². The molecule has 2 aliphatic rings. The Kier molecular flexibility index (Phi) is 3.15. The van der Waals surface area contributed by atoms with Crippen molar-refractivity contribution in [3.63, 3.8) is 0 Å². The predicted molar refractivity (Wildman–Crippen MR) is 70.7 cm³/mol. The maximum Gasteiger partial charge on any atom is 0.0992 e. The number of hydrogen-bond acceptors (Lipinski definition) is 3. The van der Waals surface area contributed by atoms with Gasteiger partial charge in [-0.05, 0) is 43.4 Å². The first-order valence-electron chi connectivity index (χ1n) is 6.36. The van der Waals surface area contributed by atoms with Crippen LogP contribution in [0.4, 0.5) is 5.69 Å². The lowest BCUT2D eigenvalue weighted by molar-refractivity contribution is 0.0898. The predicted octanol–water partition coefficient (Wildman–Crippen LogP) is 3.19. The Morgan fingerprint density at radius 3 is 2.83 bits per heavy atom. The molecule has 1 aromatic carbocycles. The van der Waals surface area contributed by atoms with Crippen LogP contribution in [-0.2, 0) is 4.74 Å². The van der Waals surface area contributed by atoms with Crippen molar-refractivity contribution in [1.29, 1.82) is 5.26 Å². The summed E-state index contributed by atoms with van der Waals surface area (Å²) in [6.45, 7) is 0.826. The minimum absolute atomic E-state index is 0.330. The highest BCUT2D eigenvalue weighted by atomic mass is 35.5. The number of halogens is 1. The van der Waals surface area contributed by atoms with Gasteiger partial charge in [-0.15, -0.1) is 0 Å². The summed E-state index contributed by atoms with van der Waals surface area (Å²) in [6, 6.07) is 7.80. The van der Waals surface area contributed by atoms with Crippen molar-refractivity contribution in [2.45, 2.75) is 31.4 Å². The summed E-state index contributed by atoms with van der Waals surface area (Å²) in [5.74, 6) is 0.724. The molecule has 2 atom stereocenters. The van der Waals surface area contributed by atoms with Gasteiger partial charge in [0.2, 0.25) is 0 Å². The van der Waals surface area contributed by atoms with Crippen molar-refractivity contribution in [2.24, 2.45) is 5.92 Å². The van der Waals surface area contributed by atoms with Gasteiger partial charge < -0.3 is 10.1 Å². The van der Waals surface area contributed by atoms with Crippen LogP contribution in [0.15, 0.2) is 18.2 Å². The molecule has 1 aliphatic heterocycles. The van der Waals surface area contributed by atoms with E-state index in [1.165, 1.54) is 12.8 Å². The van der Waals surface area contributed by atoms with Crippen molar-refractivity contribution < 1.29 is 4.74 Å². The molecule has 1 heterocycles. The maximum absolute atomic E-state index is 8.81. The van der Waals surface area contributed by atoms with Gasteiger partial charge in [0.1, 0.15) is 0 Å². The van der Waals surface area contributed by atoms with Crippen molar-refractivity contribution >= 4 is 17.3 Å². The van der Waals surface area contributed by atoms with E-state index in [9.17, 15) is 0 Å². The molecule has 1 aromatic rings. The number of hydrogen-bond donors (Lipinski definition) is 1. The molecule has 2 unspecified atom stereocenters. The van der Waals surface area contributed by atoms with E-state index in [0.29, 0.717) is 22.7 Å². The molecule has 0 radical (unpaired) electrons. The average molecular weight is 263 g/mol. The van der Waals surface area contributed by atoms with Gasteiger partial charge in [0.25, 0.3) is 0 Å². The lowest BCUT2D eigenvalue weighted by Gasteiger charge is -2.21. The number of rotatable bonds is 3. The lowest BCUT2D eigenvalue weighted by Crippen LogP contribution is -2.31. The largest absolute Gasteiger partial charge is 0.378 e. The molecule has 4 heteroatoms. The monoisotopic (exact) mass is 262 g/mol. The minimum atomic E-state index is 0.330. The van der Waals surface area contributed by atoms with Gasteiger partial charge in [-0.2, -0.15) is 5.26 Å². The Morgan fingerprint density at radius 1 is 1.33 bits per heavy atom. The molecule has 3 rings (SSSR count). The van der Waals surface area contributed by atoms with E-state index in [1.807, 2.05) is 6.07 Å². The van der Waals surface area contributed by atoms with E-state index in [2.05, 4.69) is 11.4 Å². The molecule has 0 spiro atoms. The average Bonchev–Trinajstić information content (AvgIpc) is 3.12. The number of ether oxygens (including phenoxy) is 1. The summed E-state index contributed by atoms with van der Waals surface area (Å²) in [4.78, 5) is 0. The summed E-state index contributed by atoms with van der Waals surface area (Å²) < 4.78 is 5.79. The molecular weight excluding hydrogens is 248 g/mol. The zero-order chi connectivity index (χ0) is 12.5. The number of nitriles is 1. The third-order valence-corrected chi connectivity index (χ3v) is 3.97. The van der Waals surface area contributed by atoms with E-state index >= 15 is 0 Å². The van der Waals surface area contributed by atoms with Crippen molar-refractivity contribution in [2.75, 3.05) is 11.9 Å². The molecule has 0 bridgehead atoms. The Labute approximate surface area is 112 Å². The molecule has 0 aromatic heterocycles. The van der Waals surface area contributed by atoms with Gasteiger partial charge >= 0.3 is 0 Å². The van der Waals surface area contributed by atoms with Crippen LogP contribution in [0, 0.1) is 17.2 Å². The summed E-state index contributed by atoms with van der Waals surface area (Å²) in [5.41, 5.74) is 1.49. The van der Waals surface area contributed by atoms with Crippen LogP contribution in [0.2, 0.25) is 5.02 Å². The van der Waals surface area contributed by atoms with Crippen LogP contribution >= 0.6 is 11.6 Å². The zero-order valence-corrected chi connectivity index (χ0v) is 10.8. The highest BCUT2D eigenvalue weighted by Crippen LogP contribution is 2.40. The van der Waals surface area contributed by atoms with Crippen LogP contribution in [0.1, 0.15) is 24.8 Å². The Morgan fingerprint density at radius 2 is 2.17 bits per heavy atom. The third kappa shape index (κ3) is 2.31. The quantitative estimate of drug-likeness (QED) is 0.910. The van der Waals surface area contributed by atoms with E-state index in [-0.39, 0.29) is 0 Å². The molecule has 1 saturated carbocycles. The Bertz CT molecular complexity index is 493. The van der Waals surface area contributed by atoms with Crippen LogP contribution in [0.5, 0.6) is 0 Å². The first kappa shape index (κ1) is 11.8. The molecule has 2 fully saturated rings. The van der Waals surface area contributed by atoms with Gasteiger partial charge in [-0.25, -0.2) is 0 Å². The fourth-order valence-electron chi connectivity index (χ4n) is 2.56. The van der Waals surface area contributed by atoms with Gasteiger partial charge in [0.15, 0.2) is 0 Å². The second-order valence-electron chi connectivity index (χ2n) is 5.02. The van der Waals surface area contributed by atoms with Gasteiger partial charge in [0, 0.05) is 6.61 Å². The third-order valence-electron chi connectivity index (χ3n) is 3.66. The van der Waals surface area contributed by atoms with E-state index in [0.717, 1.165) is 24.6 Å². The molecule has 3 nitrogen and oxygen atoms in total. The number of nitrogens with one attached hydrogen (secondary N) is 1. The first-order chi connectivity index (χ1) is 8.78. The normalized spacial score (nSPS) is 26.9. The highest BCUT2D eigenvalue weighted by Gasteiger charge is 2.40. The van der Waals surface area contributed by atoms with Crippen molar-refractivity contribution in [3.8, 4) is 6.07 Å². The van der Waals surface area contributed by atoms with Crippen molar-refractivity contribution in [1.82, 2.24) is 0 Å². The van der Waals surface area contributed by atoms with Crippen molar-refractivity contribution in [3.05, 3.63) is 28.8 Å². The number of nitrogens with zero attached hydrogens (tertiary/aromatic N) is 1. The topological polar surface area (TPSA) is 45.0 Å². The SMILES string of the molecule is N#Cc1ccc(NC2CCOC2C2CC2)c(Cl)c1. The lowest BCUT2D eigenvalue weighted by atomic mass is 10.1. The molecule has 1 aliphatic carbocycles. The second kappa shape index (κ2) is 4.79. The summed E-state index contributed by atoms with van der Waals surface area (Å²) in [5, 5.41) is 12.9. The first-order valence-corrected chi connectivity index (χ1v) is 6.73. The van der Waals surface area contributed by atoms with E-state index < -0.39 is 0 Å². The molecule has 94 valence electrons. The van der Waals surface area contributed by atoms with Crippen LogP contribution in [0.3, 0.4) is 0 Å². The van der Waals surface area contributed by atoms with E-state index in [4.69, 9.17) is 21.6 Å². The summed E-state index contributed by atoms with van der Waals surface area (Å²) >= 11 is 6.18. The standard InChI is InChI=1S/C14H15ClN2O/c15-11-7-9(8-16)1-4-12(11)17-13-5-6-18-14(13)10-2-3-10/h1,4,7,10,13-14,17H,2-3,5-6H2. The van der Waals surface area contributed by atoms with E-state index in [1.54, 1.807) is 12.1 Å². The number of anilines is 1. The van der Waals surface area contributed by atoms with Gasteiger partial charge in [-0.1, -0.05) is 11.6 Å². The maximum atomic E-state index is 8.81. The molecular formula is C14H15ClN2O. The zero-order valence-electron chi connectivity index (χ0n) is 10.0. The molecule has 0 amide bonds. The molecule has 1 saturated heterocycles. The Hall–Kier alpha value is -1.24. The van der Waals surface area contributed by atoms with Gasteiger partial charge in [0.05, 0.1) is 34.5 Å². The second-order valence-corrected chi connectivity index (χ2v) is 5.43.